The summed E-state index contributed by atoms with van der Waals surface area (Å²) in [4.78, 5) is 36.0. The third-order valence-corrected chi connectivity index (χ3v) is 4.99. The number of anilines is 1. The Hall–Kier alpha value is -4.13. The number of hydrogen-bond acceptors (Lipinski definition) is 5. The van der Waals surface area contributed by atoms with Crippen molar-refractivity contribution in [2.75, 3.05) is 5.32 Å². The van der Waals surface area contributed by atoms with Crippen LogP contribution in [0, 0.1) is 0 Å². The Balaban J connectivity index is 1.43. The predicted octanol–water partition coefficient (Wildman–Crippen LogP) is 3.80. The van der Waals surface area contributed by atoms with E-state index in [1.807, 2.05) is 36.4 Å². The maximum atomic E-state index is 12.5. The molecule has 0 unspecified atom stereocenters. The van der Waals surface area contributed by atoms with Gasteiger partial charge in [-0.2, -0.15) is 0 Å². The molecule has 3 aromatic carbocycles. The number of furan rings is 1. The molecule has 3 N–H and O–H groups in total. The molecule has 0 saturated heterocycles. The van der Waals surface area contributed by atoms with Crippen molar-refractivity contribution in [1.29, 1.82) is 0 Å². The summed E-state index contributed by atoms with van der Waals surface area (Å²) in [5, 5.41) is 5.53. The third-order valence-electron chi connectivity index (χ3n) is 4.99. The zero-order valence-corrected chi connectivity index (χ0v) is 16.8. The quantitative estimate of drug-likeness (QED) is 0.465. The largest absolute Gasteiger partial charge is 0.464 e. The van der Waals surface area contributed by atoms with E-state index < -0.39 is 23.9 Å². The number of ether oxygens (including phenoxy) is 1. The number of benzene rings is 3. The van der Waals surface area contributed by atoms with Gasteiger partial charge in [-0.15, -0.1) is 0 Å². The molecule has 1 aromatic heterocycles. The maximum Gasteiger partial charge on any atom is 0.311 e. The van der Waals surface area contributed by atoms with Crippen molar-refractivity contribution in [3.05, 3.63) is 78.1 Å². The number of esters is 1. The van der Waals surface area contributed by atoms with Crippen LogP contribution >= 0.6 is 0 Å². The highest BCUT2D eigenvalue weighted by atomic mass is 16.5. The topological polar surface area (TPSA) is 112 Å². The molecule has 1 heterocycles. The van der Waals surface area contributed by atoms with Crippen LogP contribution in [0.25, 0.3) is 21.7 Å². The number of primary amides is 1. The molecule has 156 valence electrons. The Morgan fingerprint density at radius 2 is 1.77 bits per heavy atom. The van der Waals surface area contributed by atoms with Gasteiger partial charge in [0.1, 0.15) is 5.58 Å². The second kappa shape index (κ2) is 8.31. The van der Waals surface area contributed by atoms with Crippen molar-refractivity contribution >= 4 is 45.2 Å². The standard InChI is InChI=1S/C24H20N2O5/c1-14(24(29)26-18-9-6-16(7-10-18)23(25)28)31-21(27)12-17-13-30-20-11-8-15-4-2-3-5-19(15)22(17)20/h2-11,13-14H,12H2,1H3,(H2,25,28)(H,26,29)/t14-/m0/s1. The zero-order valence-electron chi connectivity index (χ0n) is 16.8. The second-order valence-electron chi connectivity index (χ2n) is 7.16. The molecule has 7 heteroatoms. The molecule has 31 heavy (non-hydrogen) atoms. The third kappa shape index (κ3) is 4.25. The minimum Gasteiger partial charge on any atom is -0.464 e. The van der Waals surface area contributed by atoms with Gasteiger partial charge in [-0.25, -0.2) is 0 Å². The number of nitrogens with two attached hydrogens (primary N) is 1. The first kappa shape index (κ1) is 20.2. The van der Waals surface area contributed by atoms with E-state index in [2.05, 4.69) is 5.32 Å². The maximum absolute atomic E-state index is 12.5. The van der Waals surface area contributed by atoms with Crippen molar-refractivity contribution in [3.63, 3.8) is 0 Å². The number of rotatable bonds is 6. The van der Waals surface area contributed by atoms with E-state index in [1.54, 1.807) is 18.4 Å². The highest BCUT2D eigenvalue weighted by molar-refractivity contribution is 6.08. The van der Waals surface area contributed by atoms with Crippen LogP contribution in [0.2, 0.25) is 0 Å². The van der Waals surface area contributed by atoms with Gasteiger partial charge in [0.2, 0.25) is 5.91 Å². The van der Waals surface area contributed by atoms with Gasteiger partial charge in [0.25, 0.3) is 5.91 Å². The molecular weight excluding hydrogens is 396 g/mol. The second-order valence-corrected chi connectivity index (χ2v) is 7.16. The number of amides is 2. The highest BCUT2D eigenvalue weighted by Gasteiger charge is 2.20. The Morgan fingerprint density at radius 1 is 1.03 bits per heavy atom. The molecule has 4 aromatic rings. The van der Waals surface area contributed by atoms with Gasteiger partial charge < -0.3 is 20.2 Å². The van der Waals surface area contributed by atoms with Crippen molar-refractivity contribution in [2.45, 2.75) is 19.4 Å². The van der Waals surface area contributed by atoms with Gasteiger partial charge in [-0.1, -0.05) is 30.3 Å². The lowest BCUT2D eigenvalue weighted by Gasteiger charge is -2.13. The van der Waals surface area contributed by atoms with E-state index in [1.165, 1.54) is 19.1 Å². The molecule has 0 aliphatic rings. The Kier molecular flexibility index (Phi) is 5.41. The van der Waals surface area contributed by atoms with Crippen LogP contribution in [0.1, 0.15) is 22.8 Å². The van der Waals surface area contributed by atoms with Gasteiger partial charge in [0.15, 0.2) is 6.10 Å². The van der Waals surface area contributed by atoms with Gasteiger partial charge in [-0.05, 0) is 48.0 Å². The fourth-order valence-electron chi connectivity index (χ4n) is 3.41. The van der Waals surface area contributed by atoms with Crippen LogP contribution in [0.3, 0.4) is 0 Å². The summed E-state index contributed by atoms with van der Waals surface area (Å²) in [7, 11) is 0. The summed E-state index contributed by atoms with van der Waals surface area (Å²) in [5.41, 5.74) is 7.38. The minimum atomic E-state index is -1.00. The number of fused-ring (bicyclic) bond motifs is 3. The van der Waals surface area contributed by atoms with Crippen LogP contribution in [0.15, 0.2) is 71.3 Å². The summed E-state index contributed by atoms with van der Waals surface area (Å²) in [6, 6.07) is 17.8. The molecule has 0 fully saturated rings. The highest BCUT2D eigenvalue weighted by Crippen LogP contribution is 2.30. The van der Waals surface area contributed by atoms with E-state index in [-0.39, 0.29) is 6.42 Å². The SMILES string of the molecule is C[C@H](OC(=O)Cc1coc2ccc3ccccc3c12)C(=O)Nc1ccc(C(N)=O)cc1. The number of nitrogens with one attached hydrogen (secondary N) is 1. The molecule has 0 radical (unpaired) electrons. The van der Waals surface area contributed by atoms with Gasteiger partial charge >= 0.3 is 5.97 Å². The monoisotopic (exact) mass is 416 g/mol. The average molecular weight is 416 g/mol. The van der Waals surface area contributed by atoms with Crippen LogP contribution in [-0.2, 0) is 20.7 Å². The number of hydrogen-bond donors (Lipinski definition) is 2. The van der Waals surface area contributed by atoms with Crippen LogP contribution in [-0.4, -0.2) is 23.9 Å². The van der Waals surface area contributed by atoms with Crippen molar-refractivity contribution in [1.82, 2.24) is 0 Å². The predicted molar refractivity (Wildman–Crippen MR) is 117 cm³/mol. The Bertz CT molecular complexity index is 1290. The first-order valence-corrected chi connectivity index (χ1v) is 9.70. The molecule has 1 atom stereocenters. The lowest BCUT2D eigenvalue weighted by molar-refractivity contribution is -0.152. The van der Waals surface area contributed by atoms with Crippen molar-refractivity contribution < 1.29 is 23.5 Å². The van der Waals surface area contributed by atoms with E-state index in [9.17, 15) is 14.4 Å². The number of carbonyl (C=O) groups is 3. The fourth-order valence-corrected chi connectivity index (χ4v) is 3.41. The molecule has 4 rings (SSSR count). The first-order chi connectivity index (χ1) is 14.9. The summed E-state index contributed by atoms with van der Waals surface area (Å²) in [5.74, 6) is -1.58. The van der Waals surface area contributed by atoms with E-state index in [0.29, 0.717) is 22.4 Å². The Morgan fingerprint density at radius 3 is 2.52 bits per heavy atom. The fraction of sp³-hybridized carbons (Fsp3) is 0.125. The van der Waals surface area contributed by atoms with Crippen molar-refractivity contribution in [3.8, 4) is 0 Å². The van der Waals surface area contributed by atoms with E-state index in [4.69, 9.17) is 14.9 Å². The lowest BCUT2D eigenvalue weighted by atomic mass is 10.0. The molecule has 0 bridgehead atoms. The average Bonchev–Trinajstić information content (AvgIpc) is 3.17. The van der Waals surface area contributed by atoms with Gasteiger partial charge in [0, 0.05) is 22.2 Å². The van der Waals surface area contributed by atoms with Crippen molar-refractivity contribution in [2.24, 2.45) is 5.73 Å². The summed E-state index contributed by atoms with van der Waals surface area (Å²) >= 11 is 0. The molecule has 0 aliphatic heterocycles. The first-order valence-electron chi connectivity index (χ1n) is 9.70. The van der Waals surface area contributed by atoms with E-state index in [0.717, 1.165) is 16.2 Å². The number of carbonyl (C=O) groups excluding carboxylic acids is 3. The Labute approximate surface area is 177 Å². The molecular formula is C24H20N2O5. The minimum absolute atomic E-state index is 0.0219. The smallest absolute Gasteiger partial charge is 0.311 e. The zero-order chi connectivity index (χ0) is 22.0. The van der Waals surface area contributed by atoms with Crippen LogP contribution in [0.5, 0.6) is 0 Å². The van der Waals surface area contributed by atoms with E-state index >= 15 is 0 Å². The molecule has 0 saturated carbocycles. The summed E-state index contributed by atoms with van der Waals surface area (Å²) in [6.45, 7) is 1.49. The summed E-state index contributed by atoms with van der Waals surface area (Å²) in [6.07, 6.45) is 0.522. The van der Waals surface area contributed by atoms with Crippen LogP contribution < -0.4 is 11.1 Å². The summed E-state index contributed by atoms with van der Waals surface area (Å²) < 4.78 is 10.9. The lowest BCUT2D eigenvalue weighted by Crippen LogP contribution is -2.30. The van der Waals surface area contributed by atoms with Gasteiger partial charge in [0.05, 0.1) is 12.7 Å². The normalized spacial score (nSPS) is 11.9. The molecule has 0 spiro atoms. The molecule has 0 aliphatic carbocycles. The molecule has 7 nitrogen and oxygen atoms in total. The van der Waals surface area contributed by atoms with Crippen LogP contribution in [0.4, 0.5) is 5.69 Å². The molecule has 2 amide bonds. The van der Waals surface area contributed by atoms with Gasteiger partial charge in [-0.3, -0.25) is 14.4 Å².